The molecule has 1 fully saturated rings. The first-order valence-corrected chi connectivity index (χ1v) is 9.33. The fraction of sp³-hybridized carbons (Fsp3) is 0.769. The van der Waals surface area contributed by atoms with Crippen LogP contribution in [0.25, 0.3) is 0 Å². The normalized spacial score (nSPS) is 22.1. The molecular formula is C13H23N3O2S2. The summed E-state index contributed by atoms with van der Waals surface area (Å²) in [6.45, 7) is 8.67. The van der Waals surface area contributed by atoms with Gasteiger partial charge in [-0.2, -0.15) is 16.1 Å². The van der Waals surface area contributed by atoms with E-state index in [4.69, 9.17) is 0 Å². The average Bonchev–Trinajstić information content (AvgIpc) is 2.69. The van der Waals surface area contributed by atoms with Crippen LogP contribution < -0.4 is 0 Å². The summed E-state index contributed by atoms with van der Waals surface area (Å²) in [4.78, 5) is 4.12. The third kappa shape index (κ3) is 2.76. The standard InChI is InChI=1S/C13H23N3O2S2/c1-10-14-8-12(15(10)5)20(17,18)16-6-7-19-9-11(16)13(2,3)4/h8,11H,6-7,9H2,1-5H3. The third-order valence-electron chi connectivity index (χ3n) is 3.83. The van der Waals surface area contributed by atoms with E-state index in [1.165, 1.54) is 6.20 Å². The molecule has 0 aromatic carbocycles. The molecule has 1 aliphatic rings. The number of aryl methyl sites for hydroxylation is 1. The van der Waals surface area contributed by atoms with E-state index in [1.54, 1.807) is 15.9 Å². The number of nitrogens with zero attached hydrogens (tertiary/aromatic N) is 3. The Morgan fingerprint density at radius 2 is 2.05 bits per heavy atom. The molecular weight excluding hydrogens is 294 g/mol. The molecule has 5 nitrogen and oxygen atoms in total. The van der Waals surface area contributed by atoms with Gasteiger partial charge < -0.3 is 4.57 Å². The molecule has 0 spiro atoms. The number of hydrogen-bond donors (Lipinski definition) is 0. The lowest BCUT2D eigenvalue weighted by molar-refractivity contribution is 0.197. The van der Waals surface area contributed by atoms with E-state index < -0.39 is 10.0 Å². The number of hydrogen-bond acceptors (Lipinski definition) is 4. The van der Waals surface area contributed by atoms with Crippen molar-refractivity contribution in [2.75, 3.05) is 18.1 Å². The van der Waals surface area contributed by atoms with Gasteiger partial charge >= 0.3 is 0 Å². The Morgan fingerprint density at radius 3 is 2.55 bits per heavy atom. The Morgan fingerprint density at radius 1 is 1.40 bits per heavy atom. The predicted octanol–water partition coefficient (Wildman–Crippen LogP) is 1.88. The van der Waals surface area contributed by atoms with Gasteiger partial charge in [-0.3, -0.25) is 0 Å². The highest BCUT2D eigenvalue weighted by atomic mass is 32.2. The summed E-state index contributed by atoms with van der Waals surface area (Å²) >= 11 is 1.83. The lowest BCUT2D eigenvalue weighted by atomic mass is 9.88. The number of imidazole rings is 1. The van der Waals surface area contributed by atoms with E-state index in [2.05, 4.69) is 25.8 Å². The van der Waals surface area contributed by atoms with Crippen molar-refractivity contribution < 1.29 is 8.42 Å². The van der Waals surface area contributed by atoms with Crippen molar-refractivity contribution in [2.24, 2.45) is 12.5 Å². The fourth-order valence-corrected chi connectivity index (χ4v) is 5.97. The van der Waals surface area contributed by atoms with Crippen molar-refractivity contribution in [1.82, 2.24) is 13.9 Å². The van der Waals surface area contributed by atoms with Crippen LogP contribution in [-0.2, 0) is 17.1 Å². The maximum absolute atomic E-state index is 12.9. The molecule has 0 bridgehead atoms. The Labute approximate surface area is 125 Å². The Hall–Kier alpha value is -0.530. The van der Waals surface area contributed by atoms with Crippen LogP contribution in [0.2, 0.25) is 0 Å². The molecule has 0 radical (unpaired) electrons. The summed E-state index contributed by atoms with van der Waals surface area (Å²) in [5.41, 5.74) is -0.0753. The van der Waals surface area contributed by atoms with Crippen molar-refractivity contribution in [3.05, 3.63) is 12.0 Å². The molecule has 1 atom stereocenters. The SMILES string of the molecule is Cc1ncc(S(=O)(=O)N2CCSCC2C(C)(C)C)n1C. The zero-order chi connectivity index (χ0) is 15.1. The summed E-state index contributed by atoms with van der Waals surface area (Å²) < 4.78 is 29.2. The summed E-state index contributed by atoms with van der Waals surface area (Å²) in [5.74, 6) is 2.41. The lowest BCUT2D eigenvalue weighted by Gasteiger charge is -2.41. The van der Waals surface area contributed by atoms with E-state index in [0.29, 0.717) is 12.4 Å². The lowest BCUT2D eigenvalue weighted by Crippen LogP contribution is -2.52. The highest BCUT2D eigenvalue weighted by Gasteiger charge is 2.41. The van der Waals surface area contributed by atoms with Gasteiger partial charge in [-0.05, 0) is 12.3 Å². The Kier molecular flexibility index (Phi) is 4.24. The summed E-state index contributed by atoms with van der Waals surface area (Å²) in [6.07, 6.45) is 1.46. The topological polar surface area (TPSA) is 55.2 Å². The molecule has 7 heteroatoms. The molecule has 0 N–H and O–H groups in total. The van der Waals surface area contributed by atoms with Crippen molar-refractivity contribution >= 4 is 21.8 Å². The van der Waals surface area contributed by atoms with Gasteiger partial charge in [0.05, 0.1) is 6.20 Å². The molecule has 0 aliphatic carbocycles. The quantitative estimate of drug-likeness (QED) is 0.836. The van der Waals surface area contributed by atoms with Gasteiger partial charge in [-0.25, -0.2) is 13.4 Å². The van der Waals surface area contributed by atoms with Gasteiger partial charge in [0.2, 0.25) is 0 Å². The van der Waals surface area contributed by atoms with E-state index in [-0.39, 0.29) is 16.5 Å². The van der Waals surface area contributed by atoms with E-state index in [0.717, 1.165) is 11.5 Å². The van der Waals surface area contributed by atoms with Gasteiger partial charge in [0.25, 0.3) is 10.0 Å². The van der Waals surface area contributed by atoms with Gasteiger partial charge in [0.15, 0.2) is 5.03 Å². The second-order valence-corrected chi connectivity index (χ2v) is 9.26. The van der Waals surface area contributed by atoms with Gasteiger partial charge in [-0.15, -0.1) is 0 Å². The number of thioether (sulfide) groups is 1. The van der Waals surface area contributed by atoms with Crippen LogP contribution in [0.15, 0.2) is 11.2 Å². The van der Waals surface area contributed by atoms with Gasteiger partial charge in [-0.1, -0.05) is 20.8 Å². The van der Waals surface area contributed by atoms with Crippen molar-refractivity contribution in [2.45, 2.75) is 38.8 Å². The molecule has 1 saturated heterocycles. The first-order chi connectivity index (χ1) is 9.15. The van der Waals surface area contributed by atoms with Crippen LogP contribution in [0.4, 0.5) is 0 Å². The first kappa shape index (κ1) is 15.9. The highest BCUT2D eigenvalue weighted by Crippen LogP contribution is 2.34. The number of sulfonamides is 1. The molecule has 20 heavy (non-hydrogen) atoms. The molecule has 1 aromatic rings. The summed E-state index contributed by atoms with van der Waals surface area (Å²) in [5, 5.41) is 0.288. The molecule has 0 saturated carbocycles. The van der Waals surface area contributed by atoms with Gasteiger partial charge in [0, 0.05) is 31.1 Å². The van der Waals surface area contributed by atoms with Crippen LogP contribution in [0.1, 0.15) is 26.6 Å². The van der Waals surface area contributed by atoms with Crippen molar-refractivity contribution in [1.29, 1.82) is 0 Å². The van der Waals surface area contributed by atoms with E-state index in [9.17, 15) is 8.42 Å². The minimum absolute atomic E-state index is 0.0152. The third-order valence-corrected chi connectivity index (χ3v) is 6.81. The molecule has 1 aliphatic heterocycles. The smallest absolute Gasteiger partial charge is 0.260 e. The summed E-state index contributed by atoms with van der Waals surface area (Å²) in [7, 11) is -1.73. The molecule has 1 aromatic heterocycles. The minimum Gasteiger partial charge on any atom is -0.321 e. The van der Waals surface area contributed by atoms with Crippen LogP contribution in [-0.4, -0.2) is 46.4 Å². The largest absolute Gasteiger partial charge is 0.321 e. The second-order valence-electron chi connectivity index (χ2n) is 6.28. The first-order valence-electron chi connectivity index (χ1n) is 6.73. The predicted molar refractivity (Wildman–Crippen MR) is 82.4 cm³/mol. The molecule has 2 rings (SSSR count). The maximum Gasteiger partial charge on any atom is 0.260 e. The van der Waals surface area contributed by atoms with Crippen molar-refractivity contribution in [3.63, 3.8) is 0 Å². The molecule has 114 valence electrons. The van der Waals surface area contributed by atoms with Crippen LogP contribution in [0, 0.1) is 12.3 Å². The molecule has 2 heterocycles. The fourth-order valence-electron chi connectivity index (χ4n) is 2.40. The molecule has 0 amide bonds. The average molecular weight is 317 g/mol. The van der Waals surface area contributed by atoms with Crippen molar-refractivity contribution in [3.8, 4) is 0 Å². The number of rotatable bonds is 2. The second kappa shape index (κ2) is 5.35. The van der Waals surface area contributed by atoms with E-state index >= 15 is 0 Å². The molecule has 1 unspecified atom stereocenters. The Bertz CT molecular complexity index is 587. The summed E-state index contributed by atoms with van der Waals surface area (Å²) in [6, 6.07) is 0.0152. The minimum atomic E-state index is -3.48. The zero-order valence-electron chi connectivity index (χ0n) is 12.8. The van der Waals surface area contributed by atoms with E-state index in [1.807, 2.05) is 18.7 Å². The maximum atomic E-state index is 12.9. The van der Waals surface area contributed by atoms with Crippen LogP contribution in [0.3, 0.4) is 0 Å². The highest BCUT2D eigenvalue weighted by molar-refractivity contribution is 7.99. The van der Waals surface area contributed by atoms with Crippen LogP contribution >= 0.6 is 11.8 Å². The van der Waals surface area contributed by atoms with Crippen LogP contribution in [0.5, 0.6) is 0 Å². The van der Waals surface area contributed by atoms with Gasteiger partial charge in [0.1, 0.15) is 5.82 Å². The monoisotopic (exact) mass is 317 g/mol. The number of aromatic nitrogens is 2. The zero-order valence-corrected chi connectivity index (χ0v) is 14.4. The Balaban J connectivity index is 2.44.